The zero-order valence-electron chi connectivity index (χ0n) is 12.6. The minimum Gasteiger partial charge on any atom is -0.508 e. The minimum absolute atomic E-state index is 0.231. The fourth-order valence-electron chi connectivity index (χ4n) is 3.48. The van der Waals surface area contributed by atoms with Crippen LogP contribution in [0.25, 0.3) is 0 Å². The number of aliphatic hydroxyl groups excluding tert-OH is 1. The second kappa shape index (κ2) is 5.68. The zero-order valence-corrected chi connectivity index (χ0v) is 12.6. The molecule has 2 aliphatic rings. The summed E-state index contributed by atoms with van der Waals surface area (Å²) in [5.41, 5.74) is 1.22. The Kier molecular flexibility index (Phi) is 4.36. The lowest BCUT2D eigenvalue weighted by Crippen LogP contribution is -2.52. The van der Waals surface area contributed by atoms with E-state index < -0.39 is 0 Å². The molecule has 2 N–H and O–H groups in total. The van der Waals surface area contributed by atoms with Crippen molar-refractivity contribution in [2.45, 2.75) is 52.2 Å². The molecule has 4 unspecified atom stereocenters. The first-order valence-corrected chi connectivity index (χ1v) is 7.31. The molecule has 1 saturated carbocycles. The summed E-state index contributed by atoms with van der Waals surface area (Å²) < 4.78 is 5.55. The van der Waals surface area contributed by atoms with Crippen LogP contribution >= 0.6 is 0 Å². The first-order valence-electron chi connectivity index (χ1n) is 7.31. The van der Waals surface area contributed by atoms with Crippen molar-refractivity contribution in [3.8, 4) is 0 Å². The molecule has 0 aromatic rings. The number of ether oxygens (including phenoxy) is 1. The second-order valence-electron chi connectivity index (χ2n) is 6.33. The van der Waals surface area contributed by atoms with Crippen LogP contribution in [0, 0.1) is 11.3 Å². The van der Waals surface area contributed by atoms with Gasteiger partial charge >= 0.3 is 0 Å². The van der Waals surface area contributed by atoms with Crippen LogP contribution in [-0.4, -0.2) is 30.9 Å². The maximum Gasteiger partial charge on any atom is 0.115 e. The quantitative estimate of drug-likeness (QED) is 0.765. The summed E-state index contributed by atoms with van der Waals surface area (Å²) >= 11 is 0. The van der Waals surface area contributed by atoms with Gasteiger partial charge in [-0.25, -0.2) is 0 Å². The van der Waals surface area contributed by atoms with E-state index >= 15 is 0 Å². The van der Waals surface area contributed by atoms with Crippen molar-refractivity contribution in [2.75, 3.05) is 13.7 Å². The van der Waals surface area contributed by atoms with Crippen molar-refractivity contribution in [2.24, 2.45) is 11.3 Å². The van der Waals surface area contributed by atoms with Crippen molar-refractivity contribution in [3.05, 3.63) is 23.5 Å². The van der Waals surface area contributed by atoms with E-state index in [1.807, 2.05) is 20.1 Å². The molecule has 0 aromatic carbocycles. The molecule has 0 spiro atoms. The summed E-state index contributed by atoms with van der Waals surface area (Å²) in [6.07, 6.45) is 7.80. The van der Waals surface area contributed by atoms with Crippen LogP contribution in [0.1, 0.15) is 40.0 Å². The predicted molar refractivity (Wildman–Crippen MR) is 78.2 cm³/mol. The van der Waals surface area contributed by atoms with Crippen LogP contribution in [0.4, 0.5) is 0 Å². The third-order valence-electron chi connectivity index (χ3n) is 5.24. The lowest BCUT2D eigenvalue weighted by Gasteiger charge is -2.47. The highest BCUT2D eigenvalue weighted by Gasteiger charge is 2.43. The van der Waals surface area contributed by atoms with Crippen LogP contribution in [0.2, 0.25) is 0 Å². The molecular weight excluding hydrogens is 238 g/mol. The smallest absolute Gasteiger partial charge is 0.115 e. The average Bonchev–Trinajstić information content (AvgIpc) is 2.43. The van der Waals surface area contributed by atoms with Gasteiger partial charge in [-0.1, -0.05) is 19.9 Å². The summed E-state index contributed by atoms with van der Waals surface area (Å²) in [6, 6.07) is 0.437. The van der Waals surface area contributed by atoms with Gasteiger partial charge in [-0.2, -0.15) is 0 Å². The molecule has 2 rings (SSSR count). The highest BCUT2D eigenvalue weighted by molar-refractivity contribution is 5.25. The normalized spacial score (nSPS) is 45.8. The average molecular weight is 265 g/mol. The maximum atomic E-state index is 9.97. The van der Waals surface area contributed by atoms with Gasteiger partial charge in [0.15, 0.2) is 0 Å². The van der Waals surface area contributed by atoms with E-state index in [-0.39, 0.29) is 5.41 Å². The number of hydrogen-bond acceptors (Lipinski definition) is 3. The molecule has 0 saturated heterocycles. The summed E-state index contributed by atoms with van der Waals surface area (Å²) in [4.78, 5) is 0. The van der Waals surface area contributed by atoms with Gasteiger partial charge in [0, 0.05) is 19.7 Å². The Morgan fingerprint density at radius 1 is 1.47 bits per heavy atom. The number of rotatable bonds is 1. The molecule has 0 bridgehead atoms. The van der Waals surface area contributed by atoms with Gasteiger partial charge in [0.25, 0.3) is 0 Å². The Morgan fingerprint density at radius 3 is 2.89 bits per heavy atom. The minimum atomic E-state index is 0.231. The number of methoxy groups -OCH3 is 1. The number of aliphatic hydroxyl groups is 1. The molecule has 4 atom stereocenters. The highest BCUT2D eigenvalue weighted by Crippen LogP contribution is 2.44. The molecular formula is C16H27NO2. The second-order valence-corrected chi connectivity index (χ2v) is 6.33. The van der Waals surface area contributed by atoms with Crippen LogP contribution in [-0.2, 0) is 4.74 Å². The van der Waals surface area contributed by atoms with Gasteiger partial charge in [-0.15, -0.1) is 0 Å². The summed E-state index contributed by atoms with van der Waals surface area (Å²) in [6.45, 7) is 7.35. The van der Waals surface area contributed by atoms with Gasteiger partial charge in [0.1, 0.15) is 5.76 Å². The monoisotopic (exact) mass is 265 g/mol. The van der Waals surface area contributed by atoms with Crippen molar-refractivity contribution in [1.29, 1.82) is 0 Å². The van der Waals surface area contributed by atoms with Crippen LogP contribution < -0.4 is 5.32 Å². The van der Waals surface area contributed by atoms with E-state index in [4.69, 9.17) is 4.74 Å². The van der Waals surface area contributed by atoms with Gasteiger partial charge in [-0.3, -0.25) is 0 Å². The van der Waals surface area contributed by atoms with Crippen molar-refractivity contribution in [3.63, 3.8) is 0 Å². The standard InChI is InChI=1S/C16H27NO2/c1-11-9-12(2)16(3)7-5-13(19-4)10-15(16)17-8-6-14(11)18/h6,9,12-13,15,17-18H,5,7-8,10H2,1-4H3/b11-9-,14-6+. The molecule has 0 aromatic heterocycles. The molecule has 3 nitrogen and oxygen atoms in total. The zero-order chi connectivity index (χ0) is 14.0. The number of fused-ring (bicyclic) bond motifs is 1. The predicted octanol–water partition coefficient (Wildman–Crippen LogP) is 3.19. The molecule has 19 heavy (non-hydrogen) atoms. The molecule has 1 aliphatic heterocycles. The van der Waals surface area contributed by atoms with E-state index in [2.05, 4.69) is 25.2 Å². The van der Waals surface area contributed by atoms with Gasteiger partial charge in [0.05, 0.1) is 6.10 Å². The Bertz CT molecular complexity index is 388. The van der Waals surface area contributed by atoms with Crippen molar-refractivity contribution in [1.82, 2.24) is 5.32 Å². The Labute approximate surface area is 116 Å². The largest absolute Gasteiger partial charge is 0.508 e. The number of allylic oxidation sites excluding steroid dienone is 2. The highest BCUT2D eigenvalue weighted by atomic mass is 16.5. The fraction of sp³-hybridized carbons (Fsp3) is 0.750. The lowest BCUT2D eigenvalue weighted by molar-refractivity contribution is -0.00413. The lowest BCUT2D eigenvalue weighted by atomic mass is 9.63. The fourth-order valence-corrected chi connectivity index (χ4v) is 3.48. The third kappa shape index (κ3) is 2.87. The maximum absolute atomic E-state index is 9.97. The topological polar surface area (TPSA) is 41.5 Å². The molecule has 0 radical (unpaired) electrons. The summed E-state index contributed by atoms with van der Waals surface area (Å²) in [5.74, 6) is 0.848. The summed E-state index contributed by atoms with van der Waals surface area (Å²) in [5, 5.41) is 13.6. The van der Waals surface area contributed by atoms with Crippen LogP contribution in [0.15, 0.2) is 23.5 Å². The van der Waals surface area contributed by atoms with Gasteiger partial charge in [-0.05, 0) is 49.2 Å². The molecule has 108 valence electrons. The van der Waals surface area contributed by atoms with E-state index in [1.54, 1.807) is 0 Å². The van der Waals surface area contributed by atoms with Crippen molar-refractivity contribution < 1.29 is 9.84 Å². The molecule has 3 heteroatoms. The van der Waals surface area contributed by atoms with E-state index in [0.29, 0.717) is 23.8 Å². The Balaban J connectivity index is 2.28. The van der Waals surface area contributed by atoms with Gasteiger partial charge in [0.2, 0.25) is 0 Å². The molecule has 1 aliphatic carbocycles. The van der Waals surface area contributed by atoms with Gasteiger partial charge < -0.3 is 15.2 Å². The van der Waals surface area contributed by atoms with Crippen LogP contribution in [0.3, 0.4) is 0 Å². The van der Waals surface area contributed by atoms with E-state index in [0.717, 1.165) is 31.4 Å². The molecule has 0 amide bonds. The van der Waals surface area contributed by atoms with Crippen molar-refractivity contribution >= 4 is 0 Å². The molecule has 1 heterocycles. The number of nitrogens with one attached hydrogen (secondary N) is 1. The Hall–Kier alpha value is -0.800. The molecule has 1 fully saturated rings. The third-order valence-corrected chi connectivity index (χ3v) is 5.24. The van der Waals surface area contributed by atoms with E-state index in [1.165, 1.54) is 0 Å². The summed E-state index contributed by atoms with van der Waals surface area (Å²) in [7, 11) is 1.81. The van der Waals surface area contributed by atoms with Crippen LogP contribution in [0.5, 0.6) is 0 Å². The SMILES string of the molecule is COC1CCC2(C)C(C)/C=C(C)\C(O)=C/CNC2C1. The Morgan fingerprint density at radius 2 is 2.21 bits per heavy atom. The first-order chi connectivity index (χ1) is 8.97. The first kappa shape index (κ1) is 14.6. The number of hydrogen-bond donors (Lipinski definition) is 2. The van der Waals surface area contributed by atoms with E-state index in [9.17, 15) is 5.11 Å².